The quantitative estimate of drug-likeness (QED) is 0.418. The van der Waals surface area contributed by atoms with Gasteiger partial charge in [-0.15, -0.1) is 0 Å². The molecular weight excluding hydrogens is 392 g/mol. The Labute approximate surface area is 177 Å². The number of hydrogen-bond acceptors (Lipinski definition) is 1. The van der Waals surface area contributed by atoms with Crippen molar-refractivity contribution in [3.8, 4) is 0 Å². The lowest BCUT2D eigenvalue weighted by Gasteiger charge is -2.39. The van der Waals surface area contributed by atoms with Crippen LogP contribution in [-0.2, 0) is 4.74 Å². The second-order valence-electron chi connectivity index (χ2n) is 9.24. The van der Waals surface area contributed by atoms with E-state index in [-0.39, 0.29) is 11.6 Å². The van der Waals surface area contributed by atoms with Gasteiger partial charge in [0.1, 0.15) is 5.83 Å². The molecule has 5 heteroatoms. The average molecular weight is 427 g/mol. The van der Waals surface area contributed by atoms with Crippen LogP contribution in [0.4, 0.5) is 17.6 Å². The molecule has 3 rings (SSSR count). The first-order valence-electron chi connectivity index (χ1n) is 11.4. The standard InChI is InChI=1S/C25H34F4O/c1-3-4-17(2)22-13-14-24(30-16-22)21-11-7-19(8-12-21)18-5-9-20(10-6-18)23(26)15-25(27,28)29/h5-6,9-10,15,17,19,21-22,24H,3-4,7-8,11-14,16H2,1-2H3/b23-15-. The lowest BCUT2D eigenvalue weighted by molar-refractivity contribution is -0.0798. The van der Waals surface area contributed by atoms with Gasteiger partial charge in [-0.3, -0.25) is 0 Å². The Kier molecular flexibility index (Phi) is 8.00. The maximum atomic E-state index is 13.7. The highest BCUT2D eigenvalue weighted by atomic mass is 19.4. The second kappa shape index (κ2) is 10.3. The van der Waals surface area contributed by atoms with Crippen LogP contribution in [0, 0.1) is 17.8 Å². The van der Waals surface area contributed by atoms with E-state index in [0.717, 1.165) is 50.2 Å². The minimum atomic E-state index is -4.64. The largest absolute Gasteiger partial charge is 0.412 e. The highest BCUT2D eigenvalue weighted by molar-refractivity contribution is 5.59. The molecule has 1 aromatic rings. The lowest BCUT2D eigenvalue weighted by atomic mass is 9.74. The van der Waals surface area contributed by atoms with Crippen molar-refractivity contribution in [3.05, 3.63) is 41.5 Å². The SMILES string of the molecule is CCCC(C)C1CCC(C2CCC(c3ccc(/C(F)=C/C(F)(F)F)cc3)CC2)OC1. The molecule has 0 radical (unpaired) electrons. The molecule has 0 N–H and O–H groups in total. The van der Waals surface area contributed by atoms with Crippen molar-refractivity contribution in [2.45, 2.75) is 83.4 Å². The van der Waals surface area contributed by atoms with Gasteiger partial charge in [0.25, 0.3) is 0 Å². The van der Waals surface area contributed by atoms with Gasteiger partial charge in [-0.05, 0) is 67.8 Å². The van der Waals surface area contributed by atoms with E-state index in [4.69, 9.17) is 4.74 Å². The minimum absolute atomic E-state index is 0.0211. The Balaban J connectivity index is 1.48. The van der Waals surface area contributed by atoms with Gasteiger partial charge < -0.3 is 4.74 Å². The molecule has 0 bridgehead atoms. The van der Waals surface area contributed by atoms with Crippen molar-refractivity contribution in [1.29, 1.82) is 0 Å². The highest BCUT2D eigenvalue weighted by Crippen LogP contribution is 2.41. The molecule has 1 aliphatic carbocycles. The fraction of sp³-hybridized carbons (Fsp3) is 0.680. The van der Waals surface area contributed by atoms with Crippen LogP contribution in [0.5, 0.6) is 0 Å². The van der Waals surface area contributed by atoms with E-state index < -0.39 is 12.0 Å². The molecule has 168 valence electrons. The predicted molar refractivity (Wildman–Crippen MR) is 113 cm³/mol. The van der Waals surface area contributed by atoms with Crippen molar-refractivity contribution < 1.29 is 22.3 Å². The zero-order valence-electron chi connectivity index (χ0n) is 18.1. The number of halogens is 4. The summed E-state index contributed by atoms with van der Waals surface area (Å²) in [6, 6.07) is 6.48. The first-order chi connectivity index (χ1) is 14.3. The zero-order valence-corrected chi connectivity index (χ0v) is 18.1. The van der Waals surface area contributed by atoms with E-state index in [1.807, 2.05) is 0 Å². The van der Waals surface area contributed by atoms with Gasteiger partial charge in [0.05, 0.1) is 18.8 Å². The maximum absolute atomic E-state index is 13.7. The summed E-state index contributed by atoms with van der Waals surface area (Å²) in [6.45, 7) is 5.48. The van der Waals surface area contributed by atoms with Crippen molar-refractivity contribution in [2.24, 2.45) is 17.8 Å². The Morgan fingerprint density at radius 2 is 1.73 bits per heavy atom. The third-order valence-electron chi connectivity index (χ3n) is 7.14. The van der Waals surface area contributed by atoms with E-state index in [1.165, 1.54) is 31.4 Å². The first kappa shape index (κ1) is 23.3. The molecule has 1 aromatic carbocycles. The number of allylic oxidation sites excluding steroid dienone is 1. The summed E-state index contributed by atoms with van der Waals surface area (Å²) in [5.41, 5.74) is 1.07. The third-order valence-corrected chi connectivity index (χ3v) is 7.14. The van der Waals surface area contributed by atoms with Gasteiger partial charge >= 0.3 is 6.18 Å². The van der Waals surface area contributed by atoms with E-state index >= 15 is 0 Å². The molecule has 1 nitrogen and oxygen atoms in total. The molecular formula is C25H34F4O. The smallest absolute Gasteiger partial charge is 0.378 e. The summed E-state index contributed by atoms with van der Waals surface area (Å²) in [5, 5.41) is 0. The summed E-state index contributed by atoms with van der Waals surface area (Å²) in [4.78, 5) is 0. The van der Waals surface area contributed by atoms with Crippen molar-refractivity contribution in [2.75, 3.05) is 6.61 Å². The number of ether oxygens (including phenoxy) is 1. The molecule has 0 amide bonds. The summed E-state index contributed by atoms with van der Waals surface area (Å²) in [6.07, 6.45) is 4.74. The molecule has 30 heavy (non-hydrogen) atoms. The second-order valence-corrected chi connectivity index (χ2v) is 9.24. The van der Waals surface area contributed by atoms with Gasteiger partial charge in [0.2, 0.25) is 0 Å². The third kappa shape index (κ3) is 6.32. The summed E-state index contributed by atoms with van der Waals surface area (Å²) < 4.78 is 57.0. The van der Waals surface area contributed by atoms with Crippen LogP contribution in [0.1, 0.15) is 82.3 Å². The number of rotatable bonds is 6. The molecule has 0 spiro atoms. The van der Waals surface area contributed by atoms with Gasteiger partial charge in [-0.1, -0.05) is 51.0 Å². The van der Waals surface area contributed by atoms with Crippen LogP contribution in [-0.4, -0.2) is 18.9 Å². The Morgan fingerprint density at radius 1 is 1.07 bits per heavy atom. The van der Waals surface area contributed by atoms with Crippen LogP contribution in [0.2, 0.25) is 0 Å². The fourth-order valence-electron chi connectivity index (χ4n) is 5.27. The minimum Gasteiger partial charge on any atom is -0.378 e. The normalized spacial score (nSPS) is 29.6. The Bertz CT molecular complexity index is 678. The van der Waals surface area contributed by atoms with Crippen LogP contribution >= 0.6 is 0 Å². The van der Waals surface area contributed by atoms with E-state index in [2.05, 4.69) is 13.8 Å². The average Bonchev–Trinajstić information content (AvgIpc) is 2.73. The van der Waals surface area contributed by atoms with Crippen LogP contribution in [0.15, 0.2) is 30.3 Å². The van der Waals surface area contributed by atoms with E-state index in [0.29, 0.717) is 23.9 Å². The molecule has 0 aromatic heterocycles. The van der Waals surface area contributed by atoms with Gasteiger partial charge in [-0.25, -0.2) is 4.39 Å². The summed E-state index contributed by atoms with van der Waals surface area (Å²) in [7, 11) is 0. The molecule has 1 aliphatic heterocycles. The fourth-order valence-corrected chi connectivity index (χ4v) is 5.27. The Hall–Kier alpha value is -1.36. The van der Waals surface area contributed by atoms with Gasteiger partial charge in [0.15, 0.2) is 0 Å². The number of alkyl halides is 3. The molecule has 3 atom stereocenters. The van der Waals surface area contributed by atoms with Gasteiger partial charge in [-0.2, -0.15) is 13.2 Å². The van der Waals surface area contributed by atoms with Crippen LogP contribution in [0.3, 0.4) is 0 Å². The van der Waals surface area contributed by atoms with Gasteiger partial charge in [0, 0.05) is 5.56 Å². The Morgan fingerprint density at radius 3 is 2.27 bits per heavy atom. The molecule has 2 aliphatic rings. The zero-order chi connectivity index (χ0) is 21.7. The lowest BCUT2D eigenvalue weighted by Crippen LogP contribution is -2.35. The predicted octanol–water partition coefficient (Wildman–Crippen LogP) is 8.06. The van der Waals surface area contributed by atoms with Crippen molar-refractivity contribution in [3.63, 3.8) is 0 Å². The molecule has 1 saturated carbocycles. The summed E-state index contributed by atoms with van der Waals surface area (Å²) in [5.74, 6) is 1.20. The molecule has 1 heterocycles. The molecule has 3 unspecified atom stereocenters. The monoisotopic (exact) mass is 426 g/mol. The van der Waals surface area contributed by atoms with E-state index in [1.54, 1.807) is 12.1 Å². The maximum Gasteiger partial charge on any atom is 0.412 e. The highest BCUT2D eigenvalue weighted by Gasteiger charge is 2.33. The topological polar surface area (TPSA) is 9.23 Å². The van der Waals surface area contributed by atoms with Crippen LogP contribution < -0.4 is 0 Å². The number of benzene rings is 1. The first-order valence-corrected chi connectivity index (χ1v) is 11.4. The molecule has 2 fully saturated rings. The van der Waals surface area contributed by atoms with Crippen LogP contribution in [0.25, 0.3) is 5.83 Å². The van der Waals surface area contributed by atoms with E-state index in [9.17, 15) is 17.6 Å². The summed E-state index contributed by atoms with van der Waals surface area (Å²) >= 11 is 0. The van der Waals surface area contributed by atoms with Crippen molar-refractivity contribution in [1.82, 2.24) is 0 Å². The van der Waals surface area contributed by atoms with Crippen molar-refractivity contribution >= 4 is 5.83 Å². The molecule has 1 saturated heterocycles. The number of hydrogen-bond donors (Lipinski definition) is 0.